The average Bonchev–Trinajstić information content (AvgIpc) is 3.39. The number of para-hydroxylation sites is 1. The highest BCUT2D eigenvalue weighted by Crippen LogP contribution is 2.33. The first-order valence-electron chi connectivity index (χ1n) is 13.0. The third-order valence-electron chi connectivity index (χ3n) is 7.25. The number of hydrogen-bond donors (Lipinski definition) is 1. The van der Waals surface area contributed by atoms with Crippen LogP contribution in [0.25, 0.3) is 0 Å². The molecule has 6 heteroatoms. The molecule has 35 heavy (non-hydrogen) atoms. The number of likely N-dealkylation sites (tertiary alicyclic amines) is 1. The van der Waals surface area contributed by atoms with Gasteiger partial charge in [0.1, 0.15) is 18.5 Å². The molecule has 4 rings (SSSR count). The van der Waals surface area contributed by atoms with Gasteiger partial charge in [0.25, 0.3) is 0 Å². The zero-order chi connectivity index (χ0) is 24.5. The summed E-state index contributed by atoms with van der Waals surface area (Å²) in [4.78, 5) is 26.9. The number of carboxylic acid groups (broad SMARTS) is 1. The number of rotatable bonds is 11. The highest BCUT2D eigenvalue weighted by molar-refractivity contribution is 5.81. The fraction of sp³-hybridized carbons (Fsp3) is 0.517. The van der Waals surface area contributed by atoms with Crippen molar-refractivity contribution in [1.29, 1.82) is 0 Å². The molecule has 6 nitrogen and oxygen atoms in total. The number of ether oxygens (including phenoxy) is 2. The Morgan fingerprint density at radius 2 is 1.60 bits per heavy atom. The van der Waals surface area contributed by atoms with Crippen molar-refractivity contribution in [3.8, 4) is 5.75 Å². The Balaban J connectivity index is 1.40. The first-order chi connectivity index (χ1) is 17.1. The molecule has 2 aliphatic rings. The number of piperidine rings is 1. The SMILES string of the molecule is O=C(O)C1CCCC1C(=O)OC(COc1ccccc1CCc1ccccc1)CN1CCCCC1. The number of esters is 1. The van der Waals surface area contributed by atoms with Crippen molar-refractivity contribution in [2.45, 2.75) is 57.5 Å². The van der Waals surface area contributed by atoms with Crippen molar-refractivity contribution in [3.63, 3.8) is 0 Å². The molecule has 2 aromatic rings. The second kappa shape index (κ2) is 12.7. The molecule has 1 N–H and O–H groups in total. The molecule has 2 fully saturated rings. The number of carbonyl (C=O) groups excluding carboxylic acids is 1. The Hall–Kier alpha value is -2.86. The summed E-state index contributed by atoms with van der Waals surface area (Å²) in [5, 5.41) is 9.50. The van der Waals surface area contributed by atoms with Gasteiger partial charge in [0.05, 0.1) is 11.8 Å². The van der Waals surface area contributed by atoms with Crippen molar-refractivity contribution in [2.75, 3.05) is 26.2 Å². The van der Waals surface area contributed by atoms with Gasteiger partial charge in [-0.05, 0) is 68.8 Å². The predicted octanol–water partition coefficient (Wildman–Crippen LogP) is 4.75. The van der Waals surface area contributed by atoms with Crippen LogP contribution in [0.2, 0.25) is 0 Å². The van der Waals surface area contributed by atoms with Crippen LogP contribution < -0.4 is 4.74 Å². The van der Waals surface area contributed by atoms with Crippen LogP contribution in [0.1, 0.15) is 49.7 Å². The Bertz CT molecular complexity index is 957. The lowest BCUT2D eigenvalue weighted by atomic mass is 9.96. The van der Waals surface area contributed by atoms with Gasteiger partial charge < -0.3 is 14.6 Å². The monoisotopic (exact) mass is 479 g/mol. The molecule has 1 saturated carbocycles. The summed E-state index contributed by atoms with van der Waals surface area (Å²) in [6.07, 6.45) is 6.74. The molecular formula is C29H37NO5. The molecule has 3 unspecified atom stereocenters. The lowest BCUT2D eigenvalue weighted by Gasteiger charge is -2.31. The molecule has 0 bridgehead atoms. The maximum atomic E-state index is 13.0. The molecule has 3 atom stereocenters. The van der Waals surface area contributed by atoms with E-state index in [0.29, 0.717) is 19.4 Å². The maximum absolute atomic E-state index is 13.0. The second-order valence-corrected chi connectivity index (χ2v) is 9.81. The minimum Gasteiger partial charge on any atom is -0.489 e. The maximum Gasteiger partial charge on any atom is 0.310 e. The van der Waals surface area contributed by atoms with E-state index < -0.39 is 29.9 Å². The second-order valence-electron chi connectivity index (χ2n) is 9.81. The molecule has 1 heterocycles. The zero-order valence-electron chi connectivity index (χ0n) is 20.4. The fourth-order valence-corrected chi connectivity index (χ4v) is 5.30. The number of benzene rings is 2. The lowest BCUT2D eigenvalue weighted by Crippen LogP contribution is -2.42. The van der Waals surface area contributed by atoms with Crippen molar-refractivity contribution in [2.24, 2.45) is 11.8 Å². The average molecular weight is 480 g/mol. The number of hydrogen-bond acceptors (Lipinski definition) is 5. The quantitative estimate of drug-likeness (QED) is 0.469. The smallest absolute Gasteiger partial charge is 0.310 e. The van der Waals surface area contributed by atoms with Crippen LogP contribution >= 0.6 is 0 Å². The van der Waals surface area contributed by atoms with Crippen LogP contribution in [0, 0.1) is 11.8 Å². The molecule has 0 aromatic heterocycles. The van der Waals surface area contributed by atoms with Gasteiger partial charge in [0.2, 0.25) is 0 Å². The number of aryl methyl sites for hydroxylation is 2. The van der Waals surface area contributed by atoms with E-state index in [-0.39, 0.29) is 6.61 Å². The highest BCUT2D eigenvalue weighted by Gasteiger charge is 2.40. The first-order valence-corrected chi connectivity index (χ1v) is 13.0. The number of carbonyl (C=O) groups is 2. The fourth-order valence-electron chi connectivity index (χ4n) is 5.30. The summed E-state index contributed by atoms with van der Waals surface area (Å²) in [6.45, 7) is 2.85. The standard InChI is InChI=1S/C29H37NO5/c31-28(32)25-13-9-14-26(25)29(33)35-24(20-30-18-7-2-8-19-30)21-34-27-15-6-5-12-23(27)17-16-22-10-3-1-4-11-22/h1,3-6,10-12,15,24-26H,2,7-9,13-14,16-21H2,(H,31,32). The summed E-state index contributed by atoms with van der Waals surface area (Å²) in [5.41, 5.74) is 2.41. The number of aliphatic carboxylic acids is 1. The van der Waals surface area contributed by atoms with E-state index in [1.54, 1.807) is 0 Å². The summed E-state index contributed by atoms with van der Waals surface area (Å²) in [5.74, 6) is -1.68. The number of carboxylic acids is 1. The molecule has 0 spiro atoms. The summed E-state index contributed by atoms with van der Waals surface area (Å²) >= 11 is 0. The van der Waals surface area contributed by atoms with Crippen LogP contribution in [0.5, 0.6) is 5.75 Å². The Morgan fingerprint density at radius 1 is 0.886 bits per heavy atom. The van der Waals surface area contributed by atoms with Crippen molar-refractivity contribution in [1.82, 2.24) is 4.90 Å². The van der Waals surface area contributed by atoms with Gasteiger partial charge in [0, 0.05) is 6.54 Å². The Labute approximate surface area is 208 Å². The van der Waals surface area contributed by atoms with E-state index in [2.05, 4.69) is 35.2 Å². The minimum atomic E-state index is -0.902. The summed E-state index contributed by atoms with van der Waals surface area (Å²) in [7, 11) is 0. The van der Waals surface area contributed by atoms with E-state index in [1.807, 2.05) is 24.3 Å². The van der Waals surface area contributed by atoms with Gasteiger partial charge in [0.15, 0.2) is 0 Å². The van der Waals surface area contributed by atoms with Crippen LogP contribution in [-0.2, 0) is 27.2 Å². The summed E-state index contributed by atoms with van der Waals surface area (Å²) in [6, 6.07) is 18.4. The lowest BCUT2D eigenvalue weighted by molar-refractivity contribution is -0.162. The van der Waals surface area contributed by atoms with Crippen molar-refractivity contribution < 1.29 is 24.2 Å². The minimum absolute atomic E-state index is 0.259. The highest BCUT2D eigenvalue weighted by atomic mass is 16.6. The van der Waals surface area contributed by atoms with Gasteiger partial charge in [-0.2, -0.15) is 0 Å². The van der Waals surface area contributed by atoms with Gasteiger partial charge in [-0.1, -0.05) is 61.4 Å². The predicted molar refractivity (Wildman–Crippen MR) is 134 cm³/mol. The van der Waals surface area contributed by atoms with E-state index in [4.69, 9.17) is 9.47 Å². The van der Waals surface area contributed by atoms with Gasteiger partial charge >= 0.3 is 11.9 Å². The molecule has 1 saturated heterocycles. The Kier molecular flexibility index (Phi) is 9.18. The van der Waals surface area contributed by atoms with Crippen molar-refractivity contribution in [3.05, 3.63) is 65.7 Å². The topological polar surface area (TPSA) is 76.1 Å². The van der Waals surface area contributed by atoms with E-state index in [0.717, 1.165) is 56.5 Å². The third kappa shape index (κ3) is 7.31. The molecular weight excluding hydrogens is 442 g/mol. The van der Waals surface area contributed by atoms with Crippen molar-refractivity contribution >= 4 is 11.9 Å². The normalized spacial score (nSPS) is 21.4. The van der Waals surface area contributed by atoms with Crippen LogP contribution in [0.4, 0.5) is 0 Å². The molecule has 1 aliphatic heterocycles. The van der Waals surface area contributed by atoms with E-state index in [9.17, 15) is 14.7 Å². The molecule has 0 radical (unpaired) electrons. The van der Waals surface area contributed by atoms with Gasteiger partial charge in [-0.25, -0.2) is 0 Å². The summed E-state index contributed by atoms with van der Waals surface area (Å²) < 4.78 is 12.2. The molecule has 1 aliphatic carbocycles. The van der Waals surface area contributed by atoms with Gasteiger partial charge in [-0.15, -0.1) is 0 Å². The van der Waals surface area contributed by atoms with E-state index >= 15 is 0 Å². The van der Waals surface area contributed by atoms with Crippen LogP contribution in [-0.4, -0.2) is 54.3 Å². The van der Waals surface area contributed by atoms with Crippen LogP contribution in [0.15, 0.2) is 54.6 Å². The van der Waals surface area contributed by atoms with Gasteiger partial charge in [-0.3, -0.25) is 14.5 Å². The first kappa shape index (κ1) is 25.2. The zero-order valence-corrected chi connectivity index (χ0v) is 20.4. The Morgan fingerprint density at radius 3 is 2.37 bits per heavy atom. The van der Waals surface area contributed by atoms with E-state index in [1.165, 1.54) is 12.0 Å². The third-order valence-corrected chi connectivity index (χ3v) is 7.25. The molecule has 2 aromatic carbocycles. The molecule has 188 valence electrons. The largest absolute Gasteiger partial charge is 0.489 e. The number of nitrogens with zero attached hydrogens (tertiary/aromatic N) is 1. The van der Waals surface area contributed by atoms with Crippen LogP contribution in [0.3, 0.4) is 0 Å². The molecule has 0 amide bonds.